The van der Waals surface area contributed by atoms with Gasteiger partial charge in [-0.25, -0.2) is 4.79 Å². The molecule has 1 aromatic rings. The smallest absolute Gasteiger partial charge is 0.329 e. The molecule has 0 aliphatic heterocycles. The van der Waals surface area contributed by atoms with Crippen LogP contribution in [0.4, 0.5) is 0 Å². The Hall–Kier alpha value is -1.36. The summed E-state index contributed by atoms with van der Waals surface area (Å²) in [4.78, 5) is 25.8. The zero-order valence-corrected chi connectivity index (χ0v) is 13.7. The van der Waals surface area contributed by atoms with Gasteiger partial charge in [0.25, 0.3) is 0 Å². The Morgan fingerprint density at radius 1 is 1.32 bits per heavy atom. The Bertz CT molecular complexity index is 572. The number of fused-ring (bicyclic) bond motifs is 1. The zero-order valence-electron chi connectivity index (χ0n) is 12.9. The Morgan fingerprint density at radius 2 is 2.05 bits per heavy atom. The monoisotopic (exact) mass is 321 g/mol. The van der Waals surface area contributed by atoms with Gasteiger partial charge in [0.15, 0.2) is 0 Å². The van der Waals surface area contributed by atoms with Crippen molar-refractivity contribution in [3.63, 3.8) is 0 Å². The van der Waals surface area contributed by atoms with E-state index >= 15 is 0 Å². The van der Waals surface area contributed by atoms with E-state index in [4.69, 9.17) is 0 Å². The lowest BCUT2D eigenvalue weighted by molar-refractivity contribution is -0.150. The molecule has 1 amide bonds. The molecule has 4 nitrogen and oxygen atoms in total. The summed E-state index contributed by atoms with van der Waals surface area (Å²) >= 11 is 1.70. The Balaban J connectivity index is 1.77. The maximum Gasteiger partial charge on any atom is 0.329 e. The third-order valence-electron chi connectivity index (χ3n) is 5.27. The van der Waals surface area contributed by atoms with E-state index in [1.165, 1.54) is 4.88 Å². The molecular weight excluding hydrogens is 298 g/mol. The van der Waals surface area contributed by atoms with Crippen LogP contribution in [0.3, 0.4) is 0 Å². The molecule has 1 fully saturated rings. The van der Waals surface area contributed by atoms with E-state index in [1.54, 1.807) is 11.3 Å². The van der Waals surface area contributed by atoms with Crippen molar-refractivity contribution in [1.29, 1.82) is 0 Å². The second-order valence-corrected chi connectivity index (χ2v) is 7.80. The number of amides is 1. The van der Waals surface area contributed by atoms with Crippen LogP contribution in [-0.4, -0.2) is 22.5 Å². The summed E-state index contributed by atoms with van der Waals surface area (Å²) in [6.07, 6.45) is 5.67. The molecule has 5 heteroatoms. The van der Waals surface area contributed by atoms with Crippen LogP contribution < -0.4 is 5.32 Å². The van der Waals surface area contributed by atoms with Gasteiger partial charge >= 0.3 is 5.97 Å². The summed E-state index contributed by atoms with van der Waals surface area (Å²) in [5.74, 6) is -0.612. The summed E-state index contributed by atoms with van der Waals surface area (Å²) in [5.41, 5.74) is 0.0514. The summed E-state index contributed by atoms with van der Waals surface area (Å²) in [7, 11) is 0. The molecule has 2 aliphatic carbocycles. The number of aliphatic carboxylic acids is 1. The molecule has 0 saturated heterocycles. The predicted octanol–water partition coefficient (Wildman–Crippen LogP) is 3.32. The molecule has 2 N–H and O–H groups in total. The van der Waals surface area contributed by atoms with Crippen LogP contribution in [0.1, 0.15) is 61.8 Å². The third-order valence-corrected chi connectivity index (χ3v) is 6.26. The predicted molar refractivity (Wildman–Crippen MR) is 86.1 cm³/mol. The van der Waals surface area contributed by atoms with Gasteiger partial charge in [-0.1, -0.05) is 6.92 Å². The molecule has 1 heterocycles. The number of hydrogen-bond acceptors (Lipinski definition) is 3. The molecule has 1 saturated carbocycles. The summed E-state index contributed by atoms with van der Waals surface area (Å²) in [6, 6.07) is 2.03. The molecule has 1 atom stereocenters. The van der Waals surface area contributed by atoms with E-state index in [1.807, 2.05) is 11.4 Å². The quantitative estimate of drug-likeness (QED) is 0.897. The zero-order chi connectivity index (χ0) is 15.7. The SMILES string of the molecule is CC1CCC(NC(=O)C2CCCc3sccc32)(C(=O)O)CC1. The fraction of sp³-hybridized carbons (Fsp3) is 0.647. The van der Waals surface area contributed by atoms with Gasteiger partial charge in [-0.15, -0.1) is 11.3 Å². The van der Waals surface area contributed by atoms with Crippen molar-refractivity contribution in [2.45, 2.75) is 63.3 Å². The van der Waals surface area contributed by atoms with Gasteiger partial charge in [0.05, 0.1) is 5.92 Å². The molecule has 1 aromatic heterocycles. The second kappa shape index (κ2) is 6.03. The summed E-state index contributed by atoms with van der Waals surface area (Å²) in [5, 5.41) is 14.6. The first-order valence-electron chi connectivity index (χ1n) is 8.13. The third kappa shape index (κ3) is 2.78. The first-order chi connectivity index (χ1) is 10.5. The lowest BCUT2D eigenvalue weighted by atomic mass is 9.76. The lowest BCUT2D eigenvalue weighted by Crippen LogP contribution is -2.57. The van der Waals surface area contributed by atoms with Crippen LogP contribution in [0.2, 0.25) is 0 Å². The maximum absolute atomic E-state index is 12.7. The second-order valence-electron chi connectivity index (χ2n) is 6.80. The number of nitrogens with one attached hydrogen (secondary N) is 1. The Labute approximate surface area is 134 Å². The molecule has 0 bridgehead atoms. The number of thiophene rings is 1. The van der Waals surface area contributed by atoms with Crippen LogP contribution >= 0.6 is 11.3 Å². The number of carboxylic acids is 1. The van der Waals surface area contributed by atoms with Crippen molar-refractivity contribution in [1.82, 2.24) is 5.32 Å². The molecule has 2 aliphatic rings. The fourth-order valence-electron chi connectivity index (χ4n) is 3.73. The number of carbonyl (C=O) groups is 2. The first-order valence-corrected chi connectivity index (χ1v) is 9.01. The highest BCUT2D eigenvalue weighted by molar-refractivity contribution is 7.10. The van der Waals surface area contributed by atoms with E-state index in [2.05, 4.69) is 12.2 Å². The minimum atomic E-state index is -1.06. The molecule has 120 valence electrons. The number of aryl methyl sites for hydroxylation is 1. The fourth-order valence-corrected chi connectivity index (χ4v) is 4.72. The van der Waals surface area contributed by atoms with Crippen molar-refractivity contribution in [3.05, 3.63) is 21.9 Å². The van der Waals surface area contributed by atoms with Gasteiger partial charge in [-0.05, 0) is 67.9 Å². The number of rotatable bonds is 3. The molecule has 22 heavy (non-hydrogen) atoms. The van der Waals surface area contributed by atoms with E-state index in [-0.39, 0.29) is 11.8 Å². The van der Waals surface area contributed by atoms with Gasteiger partial charge in [0.1, 0.15) is 5.54 Å². The van der Waals surface area contributed by atoms with E-state index in [0.29, 0.717) is 18.8 Å². The van der Waals surface area contributed by atoms with Crippen LogP contribution in [0, 0.1) is 5.92 Å². The largest absolute Gasteiger partial charge is 0.480 e. The standard InChI is InChI=1S/C17H23NO3S/c1-11-5-8-17(9-6-11,16(20)21)18-15(19)13-3-2-4-14-12(13)7-10-22-14/h7,10-11,13H,2-6,8-9H2,1H3,(H,18,19)(H,20,21). The Morgan fingerprint density at radius 3 is 2.73 bits per heavy atom. The first kappa shape index (κ1) is 15.5. The average molecular weight is 321 g/mol. The Kier molecular flexibility index (Phi) is 4.26. The number of carboxylic acid groups (broad SMARTS) is 1. The van der Waals surface area contributed by atoms with E-state index < -0.39 is 11.5 Å². The van der Waals surface area contributed by atoms with E-state index in [9.17, 15) is 14.7 Å². The topological polar surface area (TPSA) is 66.4 Å². The highest BCUT2D eigenvalue weighted by Gasteiger charge is 2.44. The van der Waals surface area contributed by atoms with Crippen molar-refractivity contribution in [2.75, 3.05) is 0 Å². The molecule has 0 spiro atoms. The summed E-state index contributed by atoms with van der Waals surface area (Å²) < 4.78 is 0. The molecule has 3 rings (SSSR count). The van der Waals surface area contributed by atoms with Crippen LogP contribution in [0.15, 0.2) is 11.4 Å². The van der Waals surface area contributed by atoms with Gasteiger partial charge in [-0.3, -0.25) is 4.79 Å². The molecule has 1 unspecified atom stereocenters. The number of hydrogen-bond donors (Lipinski definition) is 2. The lowest BCUT2D eigenvalue weighted by Gasteiger charge is -2.37. The minimum absolute atomic E-state index is 0.101. The maximum atomic E-state index is 12.7. The van der Waals surface area contributed by atoms with Gasteiger partial charge in [0.2, 0.25) is 5.91 Å². The normalized spacial score (nSPS) is 31.3. The molecular formula is C17H23NO3S. The van der Waals surface area contributed by atoms with Gasteiger partial charge in [-0.2, -0.15) is 0 Å². The highest BCUT2D eigenvalue weighted by Crippen LogP contribution is 2.37. The van der Waals surface area contributed by atoms with Crippen LogP contribution in [-0.2, 0) is 16.0 Å². The van der Waals surface area contributed by atoms with Gasteiger partial charge < -0.3 is 10.4 Å². The van der Waals surface area contributed by atoms with Crippen LogP contribution in [0.25, 0.3) is 0 Å². The van der Waals surface area contributed by atoms with Crippen molar-refractivity contribution >= 4 is 23.2 Å². The van der Waals surface area contributed by atoms with Crippen LogP contribution in [0.5, 0.6) is 0 Å². The van der Waals surface area contributed by atoms with E-state index in [0.717, 1.165) is 37.7 Å². The van der Waals surface area contributed by atoms with Gasteiger partial charge in [0, 0.05) is 4.88 Å². The van der Waals surface area contributed by atoms with Crippen molar-refractivity contribution in [3.8, 4) is 0 Å². The minimum Gasteiger partial charge on any atom is -0.480 e. The molecule has 0 radical (unpaired) electrons. The highest BCUT2D eigenvalue weighted by atomic mass is 32.1. The van der Waals surface area contributed by atoms with Crippen molar-refractivity contribution < 1.29 is 14.7 Å². The molecule has 0 aromatic carbocycles. The van der Waals surface area contributed by atoms with Crippen molar-refractivity contribution in [2.24, 2.45) is 5.92 Å². The summed E-state index contributed by atoms with van der Waals surface area (Å²) in [6.45, 7) is 2.15. The average Bonchev–Trinajstić information content (AvgIpc) is 2.97. The number of carbonyl (C=O) groups excluding carboxylic acids is 1.